The molecule has 0 saturated carbocycles. The molecule has 0 spiro atoms. The lowest BCUT2D eigenvalue weighted by atomic mass is 10.0. The SMILES string of the molecule is Brc1ccc(CCCCCCCCCCCCSCCCCCCCCCCCCc2ccc(Br)cc2)cc1. The number of aryl methyl sites for hydroxylation is 2. The fraction of sp³-hybridized carbons (Fsp3) is 0.667. The molecule has 0 aliphatic carbocycles. The van der Waals surface area contributed by atoms with Gasteiger partial charge < -0.3 is 0 Å². The molecule has 2 aromatic carbocycles. The summed E-state index contributed by atoms with van der Waals surface area (Å²) in [7, 11) is 0. The minimum absolute atomic E-state index is 1.18. The van der Waals surface area contributed by atoms with Crippen molar-refractivity contribution in [3.8, 4) is 0 Å². The summed E-state index contributed by atoms with van der Waals surface area (Å²) in [5.41, 5.74) is 2.96. The molecule has 0 nitrogen and oxygen atoms in total. The van der Waals surface area contributed by atoms with Crippen molar-refractivity contribution in [3.05, 3.63) is 68.6 Å². The van der Waals surface area contributed by atoms with E-state index in [1.807, 2.05) is 0 Å². The van der Waals surface area contributed by atoms with E-state index in [1.165, 1.54) is 173 Å². The molecule has 0 N–H and O–H groups in total. The molecule has 39 heavy (non-hydrogen) atoms. The predicted octanol–water partition coefficient (Wildman–Crippen LogP) is 13.5. The second kappa shape index (κ2) is 25.5. The van der Waals surface area contributed by atoms with Gasteiger partial charge in [-0.3, -0.25) is 0 Å². The molecule has 0 bridgehead atoms. The molecular formula is C36H56Br2S. The number of thioether (sulfide) groups is 1. The van der Waals surface area contributed by atoms with Crippen molar-refractivity contribution in [1.29, 1.82) is 0 Å². The van der Waals surface area contributed by atoms with Gasteiger partial charge in [0.1, 0.15) is 0 Å². The quantitative estimate of drug-likeness (QED) is 0.0892. The molecule has 220 valence electrons. The molecule has 0 aliphatic rings. The Morgan fingerprint density at radius 3 is 0.897 bits per heavy atom. The number of unbranched alkanes of at least 4 members (excludes halogenated alkanes) is 18. The minimum Gasteiger partial charge on any atom is -0.162 e. The number of hydrogen-bond acceptors (Lipinski definition) is 1. The van der Waals surface area contributed by atoms with Crippen LogP contribution in [0.15, 0.2) is 57.5 Å². The van der Waals surface area contributed by atoms with Gasteiger partial charge in [0.2, 0.25) is 0 Å². The number of halogens is 2. The van der Waals surface area contributed by atoms with Gasteiger partial charge in [-0.15, -0.1) is 0 Å². The summed E-state index contributed by atoms with van der Waals surface area (Å²) in [5, 5.41) is 0. The molecule has 0 fully saturated rings. The lowest BCUT2D eigenvalue weighted by Crippen LogP contribution is -1.88. The Kier molecular flexibility index (Phi) is 22.8. The van der Waals surface area contributed by atoms with Crippen LogP contribution in [0.5, 0.6) is 0 Å². The van der Waals surface area contributed by atoms with Crippen molar-refractivity contribution in [2.45, 2.75) is 141 Å². The zero-order chi connectivity index (χ0) is 27.6. The van der Waals surface area contributed by atoms with E-state index >= 15 is 0 Å². The van der Waals surface area contributed by atoms with Crippen molar-refractivity contribution < 1.29 is 0 Å². The van der Waals surface area contributed by atoms with Crippen LogP contribution in [0.4, 0.5) is 0 Å². The van der Waals surface area contributed by atoms with Crippen molar-refractivity contribution in [1.82, 2.24) is 0 Å². The second-order valence-electron chi connectivity index (χ2n) is 11.4. The average molecular weight is 681 g/mol. The van der Waals surface area contributed by atoms with E-state index in [4.69, 9.17) is 0 Å². The Morgan fingerprint density at radius 1 is 0.333 bits per heavy atom. The molecule has 0 atom stereocenters. The maximum Gasteiger partial charge on any atom is 0.0175 e. The Bertz CT molecular complexity index is 719. The third kappa shape index (κ3) is 21.2. The smallest absolute Gasteiger partial charge is 0.0175 e. The van der Waals surface area contributed by atoms with E-state index < -0.39 is 0 Å². The summed E-state index contributed by atoms with van der Waals surface area (Å²) in [6.07, 6.45) is 31.0. The standard InChI is InChI=1S/C36H56Br2S/c37-35-27-23-33(24-28-35)21-17-13-9-5-1-3-7-11-15-19-31-39-32-20-16-12-8-4-2-6-10-14-18-22-34-25-29-36(38)30-26-34/h23-30H,1-22,31-32H2. The number of hydrogen-bond donors (Lipinski definition) is 0. The highest BCUT2D eigenvalue weighted by Crippen LogP contribution is 2.17. The van der Waals surface area contributed by atoms with Crippen LogP contribution in [0, 0.1) is 0 Å². The predicted molar refractivity (Wildman–Crippen MR) is 185 cm³/mol. The van der Waals surface area contributed by atoms with Crippen LogP contribution in [0.25, 0.3) is 0 Å². The topological polar surface area (TPSA) is 0 Å². The van der Waals surface area contributed by atoms with Gasteiger partial charge in [-0.05, 0) is 85.4 Å². The van der Waals surface area contributed by atoms with Crippen molar-refractivity contribution in [3.63, 3.8) is 0 Å². The van der Waals surface area contributed by atoms with Gasteiger partial charge >= 0.3 is 0 Å². The largest absolute Gasteiger partial charge is 0.162 e. The molecule has 0 unspecified atom stereocenters. The first-order valence-electron chi connectivity index (χ1n) is 16.3. The van der Waals surface area contributed by atoms with Crippen LogP contribution in [0.1, 0.15) is 140 Å². The zero-order valence-electron chi connectivity index (χ0n) is 24.8. The van der Waals surface area contributed by atoms with E-state index in [2.05, 4.69) is 92.2 Å². The highest BCUT2D eigenvalue weighted by atomic mass is 79.9. The van der Waals surface area contributed by atoms with Gasteiger partial charge in [0.25, 0.3) is 0 Å². The zero-order valence-corrected chi connectivity index (χ0v) is 28.7. The van der Waals surface area contributed by atoms with Gasteiger partial charge in [-0.1, -0.05) is 159 Å². The van der Waals surface area contributed by atoms with Crippen molar-refractivity contribution in [2.75, 3.05) is 11.5 Å². The van der Waals surface area contributed by atoms with Crippen LogP contribution in [-0.4, -0.2) is 11.5 Å². The monoisotopic (exact) mass is 678 g/mol. The Hall–Kier alpha value is -0.250. The molecule has 0 aliphatic heterocycles. The Labute approximate surface area is 263 Å². The Balaban J connectivity index is 1.18. The third-order valence-electron chi connectivity index (χ3n) is 7.83. The summed E-state index contributed by atoms with van der Waals surface area (Å²) in [4.78, 5) is 0. The van der Waals surface area contributed by atoms with E-state index in [9.17, 15) is 0 Å². The molecule has 2 aromatic rings. The van der Waals surface area contributed by atoms with Crippen molar-refractivity contribution in [2.24, 2.45) is 0 Å². The molecule has 0 saturated heterocycles. The lowest BCUT2D eigenvalue weighted by Gasteiger charge is -2.05. The molecule has 0 heterocycles. The molecule has 2 rings (SSSR count). The molecule has 0 aromatic heterocycles. The maximum atomic E-state index is 3.51. The normalized spacial score (nSPS) is 11.3. The highest BCUT2D eigenvalue weighted by molar-refractivity contribution is 9.10. The number of benzene rings is 2. The Morgan fingerprint density at radius 2 is 0.590 bits per heavy atom. The fourth-order valence-electron chi connectivity index (χ4n) is 5.30. The summed E-state index contributed by atoms with van der Waals surface area (Å²) < 4.78 is 2.37. The third-order valence-corrected chi connectivity index (χ3v) is 10.0. The van der Waals surface area contributed by atoms with Crippen LogP contribution < -0.4 is 0 Å². The van der Waals surface area contributed by atoms with Crippen LogP contribution >= 0.6 is 43.6 Å². The molecular weight excluding hydrogens is 624 g/mol. The highest BCUT2D eigenvalue weighted by Gasteiger charge is 1.98. The number of rotatable bonds is 26. The first-order valence-corrected chi connectivity index (χ1v) is 19.0. The van der Waals surface area contributed by atoms with Gasteiger partial charge in [0.05, 0.1) is 0 Å². The molecule has 0 amide bonds. The minimum atomic E-state index is 1.18. The van der Waals surface area contributed by atoms with E-state index in [1.54, 1.807) is 0 Å². The fourth-order valence-corrected chi connectivity index (χ4v) is 6.85. The second-order valence-corrected chi connectivity index (χ2v) is 14.5. The first kappa shape index (κ1) is 34.9. The molecule has 0 radical (unpaired) electrons. The van der Waals surface area contributed by atoms with Gasteiger partial charge in [0.15, 0.2) is 0 Å². The van der Waals surface area contributed by atoms with E-state index in [0.717, 1.165) is 0 Å². The van der Waals surface area contributed by atoms with Gasteiger partial charge in [-0.25, -0.2) is 0 Å². The average Bonchev–Trinajstić information content (AvgIpc) is 2.95. The summed E-state index contributed by atoms with van der Waals surface area (Å²) in [5.74, 6) is 2.78. The van der Waals surface area contributed by atoms with Gasteiger partial charge in [0, 0.05) is 8.95 Å². The van der Waals surface area contributed by atoms with Crippen molar-refractivity contribution >= 4 is 43.6 Å². The van der Waals surface area contributed by atoms with Crippen LogP contribution in [0.2, 0.25) is 0 Å². The first-order chi connectivity index (χ1) is 19.2. The summed E-state index contributed by atoms with van der Waals surface area (Å²) in [6.45, 7) is 0. The van der Waals surface area contributed by atoms with Crippen LogP contribution in [0.3, 0.4) is 0 Å². The van der Waals surface area contributed by atoms with E-state index in [0.29, 0.717) is 0 Å². The summed E-state index contributed by atoms with van der Waals surface area (Å²) in [6, 6.07) is 17.6. The van der Waals surface area contributed by atoms with E-state index in [-0.39, 0.29) is 0 Å². The maximum absolute atomic E-state index is 3.51. The summed E-state index contributed by atoms with van der Waals surface area (Å²) >= 11 is 9.23. The lowest BCUT2D eigenvalue weighted by molar-refractivity contribution is 0.556. The molecule has 3 heteroatoms. The van der Waals surface area contributed by atoms with Gasteiger partial charge in [-0.2, -0.15) is 11.8 Å². The van der Waals surface area contributed by atoms with Crippen LogP contribution in [-0.2, 0) is 12.8 Å².